The Morgan fingerprint density at radius 1 is 1.40 bits per heavy atom. The molecule has 2 nitrogen and oxygen atoms in total. The average Bonchev–Trinajstić information content (AvgIpc) is 2.76. The third kappa shape index (κ3) is 4.74. The third-order valence-electron chi connectivity index (χ3n) is 3.52. The van der Waals surface area contributed by atoms with Crippen molar-refractivity contribution in [3.05, 3.63) is 15.6 Å². The highest BCUT2D eigenvalue weighted by atomic mass is 32.2. The minimum atomic E-state index is 0.324. The molecule has 1 unspecified atom stereocenters. The normalized spacial score (nSPS) is 19.4. The molecule has 20 heavy (non-hydrogen) atoms. The Balaban J connectivity index is 2.02. The molecule has 0 radical (unpaired) electrons. The Kier molecular flexibility index (Phi) is 5.55. The lowest BCUT2D eigenvalue weighted by Gasteiger charge is -2.22. The number of hydrogen-bond acceptors (Lipinski definition) is 4. The molecule has 0 bridgehead atoms. The summed E-state index contributed by atoms with van der Waals surface area (Å²) in [7, 11) is 0. The number of nitrogens with one attached hydrogen (secondary N) is 1. The van der Waals surface area contributed by atoms with Gasteiger partial charge in [-0.2, -0.15) is 0 Å². The number of aryl methyl sites for hydroxylation is 1. The van der Waals surface area contributed by atoms with E-state index in [1.807, 2.05) is 23.1 Å². The molecular weight excluding hydrogens is 284 g/mol. The molecule has 0 aliphatic heterocycles. The molecule has 2 rings (SSSR count). The smallest absolute Gasteiger partial charge is 0.103 e. The van der Waals surface area contributed by atoms with Gasteiger partial charge in [0.25, 0.3) is 0 Å². The summed E-state index contributed by atoms with van der Waals surface area (Å²) >= 11 is 3.96. The van der Waals surface area contributed by atoms with Crippen molar-refractivity contribution in [2.45, 2.75) is 76.3 Å². The van der Waals surface area contributed by atoms with Crippen LogP contribution in [0.2, 0.25) is 0 Å². The number of hydrogen-bond donors (Lipinski definition) is 1. The second kappa shape index (κ2) is 6.80. The first kappa shape index (κ1) is 16.3. The van der Waals surface area contributed by atoms with Crippen LogP contribution >= 0.6 is 23.1 Å². The largest absolute Gasteiger partial charge is 0.314 e. The summed E-state index contributed by atoms with van der Waals surface area (Å²) in [4.78, 5) is 6.52. The van der Waals surface area contributed by atoms with Crippen molar-refractivity contribution in [1.82, 2.24) is 10.3 Å². The van der Waals surface area contributed by atoms with Gasteiger partial charge in [0, 0.05) is 33.9 Å². The van der Waals surface area contributed by atoms with E-state index in [2.05, 4.69) is 39.9 Å². The third-order valence-corrected chi connectivity index (χ3v) is 6.11. The Morgan fingerprint density at radius 3 is 2.80 bits per heavy atom. The molecule has 1 heterocycles. The minimum Gasteiger partial charge on any atom is -0.314 e. The van der Waals surface area contributed by atoms with Gasteiger partial charge in [-0.15, -0.1) is 23.1 Å². The minimum absolute atomic E-state index is 0.324. The van der Waals surface area contributed by atoms with Crippen molar-refractivity contribution in [2.24, 2.45) is 0 Å². The van der Waals surface area contributed by atoms with E-state index in [0.29, 0.717) is 16.7 Å². The first-order valence-electron chi connectivity index (χ1n) is 7.71. The summed E-state index contributed by atoms with van der Waals surface area (Å²) < 4.78 is 0.324. The Morgan fingerprint density at radius 2 is 2.15 bits per heavy atom. The standard InChI is InChI=1S/C16H28N2S2/c1-11(2)17-9-12-7-6-8-13-15(12)18-14(20-13)10-19-16(3,4)5/h11-12,17H,6-10H2,1-5H3. The maximum absolute atomic E-state index is 4.97. The predicted molar refractivity (Wildman–Crippen MR) is 92.0 cm³/mol. The van der Waals surface area contributed by atoms with Crippen molar-refractivity contribution in [3.8, 4) is 0 Å². The second-order valence-corrected chi connectivity index (χ2v) is 9.94. The van der Waals surface area contributed by atoms with E-state index in [1.54, 1.807) is 4.88 Å². The molecular formula is C16H28N2S2. The quantitative estimate of drug-likeness (QED) is 0.860. The van der Waals surface area contributed by atoms with Gasteiger partial charge in [0.2, 0.25) is 0 Å². The Bertz CT molecular complexity index is 432. The van der Waals surface area contributed by atoms with Crippen molar-refractivity contribution in [3.63, 3.8) is 0 Å². The molecule has 1 atom stereocenters. The summed E-state index contributed by atoms with van der Waals surface area (Å²) in [5.74, 6) is 1.69. The van der Waals surface area contributed by atoms with Gasteiger partial charge in [-0.1, -0.05) is 34.6 Å². The maximum Gasteiger partial charge on any atom is 0.103 e. The number of aromatic nitrogens is 1. The molecule has 4 heteroatoms. The zero-order valence-electron chi connectivity index (χ0n) is 13.5. The molecule has 0 spiro atoms. The van der Waals surface area contributed by atoms with Crippen LogP contribution in [0.4, 0.5) is 0 Å². The molecule has 1 aliphatic rings. The summed E-state index contributed by atoms with van der Waals surface area (Å²) in [5, 5.41) is 4.91. The van der Waals surface area contributed by atoms with Crippen LogP contribution in [0, 0.1) is 0 Å². The van der Waals surface area contributed by atoms with Gasteiger partial charge >= 0.3 is 0 Å². The van der Waals surface area contributed by atoms with Gasteiger partial charge in [0.05, 0.1) is 5.69 Å². The molecule has 1 aliphatic carbocycles. The molecule has 1 aromatic rings. The van der Waals surface area contributed by atoms with E-state index in [4.69, 9.17) is 4.98 Å². The summed E-state index contributed by atoms with van der Waals surface area (Å²) in [6.07, 6.45) is 3.86. The van der Waals surface area contributed by atoms with Crippen molar-refractivity contribution in [2.75, 3.05) is 6.54 Å². The monoisotopic (exact) mass is 312 g/mol. The first-order chi connectivity index (χ1) is 9.35. The van der Waals surface area contributed by atoms with E-state index in [0.717, 1.165) is 12.3 Å². The predicted octanol–water partition coefficient (Wildman–Crippen LogP) is 4.59. The van der Waals surface area contributed by atoms with E-state index in [1.165, 1.54) is 30.0 Å². The van der Waals surface area contributed by atoms with Gasteiger partial charge in [-0.25, -0.2) is 4.98 Å². The van der Waals surface area contributed by atoms with Gasteiger partial charge in [0.1, 0.15) is 5.01 Å². The lowest BCUT2D eigenvalue weighted by Crippen LogP contribution is -2.29. The zero-order valence-corrected chi connectivity index (χ0v) is 15.1. The summed E-state index contributed by atoms with van der Waals surface area (Å²) in [5.41, 5.74) is 1.40. The van der Waals surface area contributed by atoms with Gasteiger partial charge < -0.3 is 5.32 Å². The summed E-state index contributed by atoms with van der Waals surface area (Å²) in [6, 6.07) is 0.565. The lowest BCUT2D eigenvalue weighted by molar-refractivity contribution is 0.474. The maximum atomic E-state index is 4.97. The fraction of sp³-hybridized carbons (Fsp3) is 0.812. The molecule has 1 N–H and O–H groups in total. The van der Waals surface area contributed by atoms with Crippen LogP contribution in [0.1, 0.15) is 69.0 Å². The molecule has 1 aromatic heterocycles. The van der Waals surface area contributed by atoms with Crippen LogP contribution in [0.25, 0.3) is 0 Å². The summed E-state index contributed by atoms with van der Waals surface area (Å²) in [6.45, 7) is 12.4. The van der Waals surface area contributed by atoms with Gasteiger partial charge in [-0.05, 0) is 19.3 Å². The van der Waals surface area contributed by atoms with Crippen LogP contribution < -0.4 is 5.32 Å². The lowest BCUT2D eigenvalue weighted by atomic mass is 9.91. The zero-order chi connectivity index (χ0) is 14.8. The highest BCUT2D eigenvalue weighted by Crippen LogP contribution is 2.37. The van der Waals surface area contributed by atoms with E-state index in [-0.39, 0.29) is 0 Å². The SMILES string of the molecule is CC(C)NCC1CCCc2sc(CSC(C)(C)C)nc21. The van der Waals surface area contributed by atoms with Crippen molar-refractivity contribution in [1.29, 1.82) is 0 Å². The number of nitrogens with zero attached hydrogens (tertiary/aromatic N) is 1. The fourth-order valence-electron chi connectivity index (χ4n) is 2.47. The van der Waals surface area contributed by atoms with Gasteiger partial charge in [-0.3, -0.25) is 0 Å². The number of rotatable bonds is 5. The molecule has 114 valence electrons. The highest BCUT2D eigenvalue weighted by Gasteiger charge is 2.25. The Labute approximate surface area is 132 Å². The van der Waals surface area contributed by atoms with E-state index in [9.17, 15) is 0 Å². The van der Waals surface area contributed by atoms with Crippen molar-refractivity contribution >= 4 is 23.1 Å². The van der Waals surface area contributed by atoms with Crippen LogP contribution in [0.15, 0.2) is 0 Å². The number of thioether (sulfide) groups is 1. The average molecular weight is 313 g/mol. The number of fused-ring (bicyclic) bond motifs is 1. The fourth-order valence-corrected chi connectivity index (χ4v) is 4.50. The molecule has 0 fully saturated rings. The van der Waals surface area contributed by atoms with Crippen LogP contribution in [0.3, 0.4) is 0 Å². The molecule has 0 amide bonds. The van der Waals surface area contributed by atoms with Crippen molar-refractivity contribution < 1.29 is 0 Å². The topological polar surface area (TPSA) is 24.9 Å². The second-order valence-electron chi connectivity index (χ2n) is 6.97. The molecule has 0 saturated heterocycles. The highest BCUT2D eigenvalue weighted by molar-refractivity contribution is 7.99. The van der Waals surface area contributed by atoms with E-state index < -0.39 is 0 Å². The Hall–Kier alpha value is -0.0600. The van der Waals surface area contributed by atoms with E-state index >= 15 is 0 Å². The first-order valence-corrected chi connectivity index (χ1v) is 9.51. The molecule has 0 aromatic carbocycles. The number of thiazole rings is 1. The van der Waals surface area contributed by atoms with Crippen LogP contribution in [-0.2, 0) is 12.2 Å². The van der Waals surface area contributed by atoms with Crippen LogP contribution in [-0.4, -0.2) is 22.3 Å². The molecule has 0 saturated carbocycles. The van der Waals surface area contributed by atoms with Crippen LogP contribution in [0.5, 0.6) is 0 Å². The van der Waals surface area contributed by atoms with Gasteiger partial charge in [0.15, 0.2) is 0 Å².